The van der Waals surface area contributed by atoms with Crippen molar-refractivity contribution in [1.29, 1.82) is 0 Å². The lowest BCUT2D eigenvalue weighted by molar-refractivity contribution is -0.123. The molecule has 0 aliphatic carbocycles. The van der Waals surface area contributed by atoms with Crippen LogP contribution >= 0.6 is 0 Å². The first-order chi connectivity index (χ1) is 13.3. The van der Waals surface area contributed by atoms with Gasteiger partial charge in [0.05, 0.1) is 21.3 Å². The molecule has 0 unspecified atom stereocenters. The van der Waals surface area contributed by atoms with Crippen LogP contribution in [0.5, 0.6) is 17.2 Å². The van der Waals surface area contributed by atoms with Crippen molar-refractivity contribution in [1.82, 2.24) is 15.5 Å². The van der Waals surface area contributed by atoms with Crippen LogP contribution in [0.2, 0.25) is 0 Å². The highest BCUT2D eigenvalue weighted by molar-refractivity contribution is 5.76. The first-order valence-electron chi connectivity index (χ1n) is 9.24. The average Bonchev–Trinajstić information content (AvgIpc) is 3.13. The highest BCUT2D eigenvalue weighted by Crippen LogP contribution is 2.40. The van der Waals surface area contributed by atoms with Crippen LogP contribution in [0.25, 0.3) is 11.4 Å². The molecule has 1 N–H and O–H groups in total. The Morgan fingerprint density at radius 3 is 2.14 bits per heavy atom. The van der Waals surface area contributed by atoms with Crippen LogP contribution in [0.4, 0.5) is 0 Å². The van der Waals surface area contributed by atoms with Crippen molar-refractivity contribution >= 4 is 5.91 Å². The molecule has 0 saturated carbocycles. The van der Waals surface area contributed by atoms with Crippen LogP contribution in [-0.4, -0.2) is 37.4 Å². The second-order valence-corrected chi connectivity index (χ2v) is 7.26. The normalized spacial score (nSPS) is 12.2. The number of amides is 1. The zero-order valence-electron chi connectivity index (χ0n) is 17.5. The molecule has 0 fully saturated rings. The standard InChI is InChI=1S/C20H29N3O5/c1-11(2)8-16(24)21-17(12(3)4)20-22-19(23-28-20)13-9-14(25-5)18(27-7)15(10-13)26-6/h9-12,17H,8H2,1-7H3,(H,21,24)/t17-/m0/s1. The maximum absolute atomic E-state index is 12.2. The second-order valence-electron chi connectivity index (χ2n) is 7.26. The molecule has 8 nitrogen and oxygen atoms in total. The summed E-state index contributed by atoms with van der Waals surface area (Å²) in [6.45, 7) is 7.98. The molecule has 28 heavy (non-hydrogen) atoms. The number of aromatic nitrogens is 2. The first kappa shape index (κ1) is 21.5. The fourth-order valence-electron chi connectivity index (χ4n) is 2.81. The van der Waals surface area contributed by atoms with Crippen LogP contribution in [0.3, 0.4) is 0 Å². The van der Waals surface area contributed by atoms with Gasteiger partial charge in [-0.25, -0.2) is 0 Å². The molecule has 0 saturated heterocycles. The third-order valence-corrected chi connectivity index (χ3v) is 4.21. The summed E-state index contributed by atoms with van der Waals surface area (Å²) in [4.78, 5) is 16.7. The molecule has 1 aromatic heterocycles. The lowest BCUT2D eigenvalue weighted by Gasteiger charge is -2.19. The van der Waals surface area contributed by atoms with Crippen LogP contribution in [-0.2, 0) is 4.79 Å². The summed E-state index contributed by atoms with van der Waals surface area (Å²) in [5.41, 5.74) is 0.653. The molecule has 0 aliphatic heterocycles. The van der Waals surface area contributed by atoms with Crippen LogP contribution in [0.1, 0.15) is 46.0 Å². The van der Waals surface area contributed by atoms with Gasteiger partial charge in [-0.1, -0.05) is 32.9 Å². The monoisotopic (exact) mass is 391 g/mol. The Balaban J connectivity index is 2.34. The van der Waals surface area contributed by atoms with Gasteiger partial charge in [-0.3, -0.25) is 4.79 Å². The summed E-state index contributed by atoms with van der Waals surface area (Å²) in [6.07, 6.45) is 0.442. The van der Waals surface area contributed by atoms with Crippen LogP contribution in [0, 0.1) is 11.8 Å². The second kappa shape index (κ2) is 9.43. The topological polar surface area (TPSA) is 95.7 Å². The third-order valence-electron chi connectivity index (χ3n) is 4.21. The van der Waals surface area contributed by atoms with E-state index in [-0.39, 0.29) is 23.8 Å². The van der Waals surface area contributed by atoms with Crippen molar-refractivity contribution < 1.29 is 23.5 Å². The van der Waals surface area contributed by atoms with Crippen molar-refractivity contribution in [2.45, 2.75) is 40.2 Å². The average molecular weight is 391 g/mol. The molecule has 1 aromatic carbocycles. The van der Waals surface area contributed by atoms with Gasteiger partial charge in [0.1, 0.15) is 6.04 Å². The highest BCUT2D eigenvalue weighted by atomic mass is 16.5. The number of hydrogen-bond acceptors (Lipinski definition) is 7. The van der Waals surface area contributed by atoms with E-state index in [0.29, 0.717) is 40.9 Å². The predicted molar refractivity (Wildman–Crippen MR) is 105 cm³/mol. The lowest BCUT2D eigenvalue weighted by atomic mass is 10.0. The largest absolute Gasteiger partial charge is 0.493 e. The van der Waals surface area contributed by atoms with E-state index in [1.165, 1.54) is 0 Å². The quantitative estimate of drug-likeness (QED) is 0.697. The van der Waals surface area contributed by atoms with Gasteiger partial charge in [-0.2, -0.15) is 4.98 Å². The van der Waals surface area contributed by atoms with Crippen molar-refractivity contribution in [3.63, 3.8) is 0 Å². The van der Waals surface area contributed by atoms with Gasteiger partial charge in [0, 0.05) is 12.0 Å². The number of carbonyl (C=O) groups excluding carboxylic acids is 1. The predicted octanol–water partition coefficient (Wildman–Crippen LogP) is 3.62. The summed E-state index contributed by atoms with van der Waals surface area (Å²) in [5, 5.41) is 7.06. The molecule has 0 radical (unpaired) electrons. The minimum absolute atomic E-state index is 0.0405. The number of nitrogens with zero attached hydrogens (tertiary/aromatic N) is 2. The molecular weight excluding hydrogens is 362 g/mol. The highest BCUT2D eigenvalue weighted by Gasteiger charge is 2.26. The van der Waals surface area contributed by atoms with Gasteiger partial charge in [-0.05, 0) is 24.0 Å². The fourth-order valence-corrected chi connectivity index (χ4v) is 2.81. The van der Waals surface area contributed by atoms with E-state index in [1.54, 1.807) is 33.5 Å². The molecular formula is C20H29N3O5. The Labute approximate surface area is 165 Å². The van der Waals surface area contributed by atoms with Gasteiger partial charge in [-0.15, -0.1) is 0 Å². The SMILES string of the molecule is COc1cc(-c2noc([C@@H](NC(=O)CC(C)C)C(C)C)n2)cc(OC)c1OC. The van der Waals surface area contributed by atoms with E-state index in [9.17, 15) is 4.79 Å². The van der Waals surface area contributed by atoms with Crippen molar-refractivity contribution in [2.75, 3.05) is 21.3 Å². The lowest BCUT2D eigenvalue weighted by Crippen LogP contribution is -2.32. The molecule has 1 atom stereocenters. The molecule has 0 spiro atoms. The summed E-state index contributed by atoms with van der Waals surface area (Å²) in [7, 11) is 4.63. The number of hydrogen-bond donors (Lipinski definition) is 1. The van der Waals surface area contributed by atoms with Crippen molar-refractivity contribution in [3.05, 3.63) is 18.0 Å². The van der Waals surface area contributed by atoms with E-state index in [0.717, 1.165) is 0 Å². The number of methoxy groups -OCH3 is 3. The number of benzene rings is 1. The van der Waals surface area contributed by atoms with E-state index in [2.05, 4.69) is 15.5 Å². The summed E-state index contributed by atoms with van der Waals surface area (Å²) in [5.74, 6) is 2.52. The summed E-state index contributed by atoms with van der Waals surface area (Å²) < 4.78 is 21.6. The van der Waals surface area contributed by atoms with E-state index in [4.69, 9.17) is 18.7 Å². The van der Waals surface area contributed by atoms with Gasteiger partial charge in [0.15, 0.2) is 11.5 Å². The maximum Gasteiger partial charge on any atom is 0.249 e. The molecule has 1 amide bonds. The van der Waals surface area contributed by atoms with Crippen LogP contribution in [0.15, 0.2) is 16.7 Å². The van der Waals surface area contributed by atoms with Crippen molar-refractivity contribution in [3.8, 4) is 28.6 Å². The molecule has 0 bridgehead atoms. The molecule has 2 rings (SSSR count). The molecule has 2 aromatic rings. The fraction of sp³-hybridized carbons (Fsp3) is 0.550. The number of nitrogens with one attached hydrogen (secondary N) is 1. The minimum atomic E-state index is -0.366. The summed E-state index contributed by atoms with van der Waals surface area (Å²) in [6, 6.07) is 3.13. The van der Waals surface area contributed by atoms with Gasteiger partial charge in [0.2, 0.25) is 23.4 Å². The van der Waals surface area contributed by atoms with E-state index >= 15 is 0 Å². The smallest absolute Gasteiger partial charge is 0.249 e. The molecule has 1 heterocycles. The van der Waals surface area contributed by atoms with Crippen molar-refractivity contribution in [2.24, 2.45) is 11.8 Å². The Morgan fingerprint density at radius 1 is 1.07 bits per heavy atom. The van der Waals surface area contributed by atoms with Crippen LogP contribution < -0.4 is 19.5 Å². The van der Waals surface area contributed by atoms with E-state index < -0.39 is 0 Å². The van der Waals surface area contributed by atoms with Gasteiger partial charge < -0.3 is 24.1 Å². The molecule has 8 heteroatoms. The zero-order chi connectivity index (χ0) is 20.8. The van der Waals surface area contributed by atoms with E-state index in [1.807, 2.05) is 27.7 Å². The Morgan fingerprint density at radius 2 is 1.68 bits per heavy atom. The number of ether oxygens (including phenoxy) is 3. The Bertz CT molecular complexity index is 776. The zero-order valence-corrected chi connectivity index (χ0v) is 17.5. The third kappa shape index (κ3) is 4.94. The Kier molecular flexibility index (Phi) is 7.25. The minimum Gasteiger partial charge on any atom is -0.493 e. The Hall–Kier alpha value is -2.77. The number of rotatable bonds is 9. The molecule has 154 valence electrons. The maximum atomic E-state index is 12.2. The summed E-state index contributed by atoms with van der Waals surface area (Å²) >= 11 is 0. The van der Waals surface area contributed by atoms with Gasteiger partial charge >= 0.3 is 0 Å². The number of carbonyl (C=O) groups is 1. The molecule has 0 aliphatic rings. The first-order valence-corrected chi connectivity index (χ1v) is 9.24. The van der Waals surface area contributed by atoms with Gasteiger partial charge in [0.25, 0.3) is 0 Å².